The maximum atomic E-state index is 5.76. The monoisotopic (exact) mass is 309 g/mol. The second-order valence-electron chi connectivity index (χ2n) is 4.12. The number of hydrogen-bond acceptors (Lipinski definition) is 3. The van der Waals surface area contributed by atoms with E-state index in [4.69, 9.17) is 10.5 Å². The lowest BCUT2D eigenvalue weighted by Gasteiger charge is -2.03. The zero-order valence-electron chi connectivity index (χ0n) is 10.5. The minimum absolute atomic E-state index is 0.530. The van der Waals surface area contributed by atoms with E-state index in [-0.39, 0.29) is 0 Å². The normalized spacial score (nSPS) is 10.6. The van der Waals surface area contributed by atoms with Crippen molar-refractivity contribution in [2.24, 2.45) is 7.05 Å². The molecule has 0 aliphatic heterocycles. The number of nitrogens with zero attached hydrogens (tertiary/aromatic N) is 2. The van der Waals surface area contributed by atoms with Crippen LogP contribution < -0.4 is 10.5 Å². The van der Waals surface area contributed by atoms with Crippen LogP contribution in [0.25, 0.3) is 0 Å². The molecule has 4 nitrogen and oxygen atoms in total. The summed E-state index contributed by atoms with van der Waals surface area (Å²) in [6, 6.07) is 8.07. The van der Waals surface area contributed by atoms with Gasteiger partial charge in [-0.3, -0.25) is 0 Å². The van der Waals surface area contributed by atoms with Crippen LogP contribution in [0.5, 0.6) is 5.75 Å². The molecule has 0 aliphatic carbocycles. The summed E-state index contributed by atoms with van der Waals surface area (Å²) in [5, 5.41) is 0. The predicted molar refractivity (Wildman–Crippen MR) is 75.7 cm³/mol. The Morgan fingerprint density at radius 3 is 2.78 bits per heavy atom. The second kappa shape index (κ2) is 5.44. The maximum Gasteiger partial charge on any atom is 0.201 e. The molecular formula is C13H16BrN3O. The minimum Gasteiger partial charge on any atom is -0.497 e. The topological polar surface area (TPSA) is 53.1 Å². The Labute approximate surface area is 115 Å². The van der Waals surface area contributed by atoms with Crippen LogP contribution in [-0.4, -0.2) is 16.7 Å². The molecule has 2 aromatic rings. The molecule has 1 aromatic heterocycles. The third-order valence-electron chi connectivity index (χ3n) is 2.91. The van der Waals surface area contributed by atoms with Gasteiger partial charge in [0.2, 0.25) is 5.95 Å². The van der Waals surface area contributed by atoms with Crippen LogP contribution in [0.1, 0.15) is 11.3 Å². The van der Waals surface area contributed by atoms with Crippen molar-refractivity contribution in [2.75, 3.05) is 12.8 Å². The molecule has 1 heterocycles. The molecule has 0 bridgehead atoms. The van der Waals surface area contributed by atoms with Gasteiger partial charge in [0, 0.05) is 7.05 Å². The summed E-state index contributed by atoms with van der Waals surface area (Å²) < 4.78 is 7.99. The Kier molecular flexibility index (Phi) is 3.91. The Bertz CT molecular complexity index is 551. The van der Waals surface area contributed by atoms with Gasteiger partial charge < -0.3 is 15.0 Å². The third kappa shape index (κ3) is 2.67. The van der Waals surface area contributed by atoms with Crippen molar-refractivity contribution in [1.29, 1.82) is 0 Å². The Balaban J connectivity index is 2.09. The summed E-state index contributed by atoms with van der Waals surface area (Å²) in [5.41, 5.74) is 7.97. The quantitative estimate of drug-likeness (QED) is 0.944. The fourth-order valence-electron chi connectivity index (χ4n) is 1.80. The first-order valence-corrected chi connectivity index (χ1v) is 6.50. The lowest BCUT2D eigenvalue weighted by atomic mass is 10.1. The number of nitrogen functional groups attached to an aromatic ring is 1. The number of anilines is 1. The zero-order chi connectivity index (χ0) is 13.1. The Hall–Kier alpha value is -1.49. The van der Waals surface area contributed by atoms with Crippen molar-refractivity contribution in [1.82, 2.24) is 9.55 Å². The number of methoxy groups -OCH3 is 1. The van der Waals surface area contributed by atoms with E-state index in [2.05, 4.69) is 27.0 Å². The summed E-state index contributed by atoms with van der Waals surface area (Å²) in [6.45, 7) is 0. The average molecular weight is 310 g/mol. The fraction of sp³-hybridized carbons (Fsp3) is 0.308. The van der Waals surface area contributed by atoms with Crippen molar-refractivity contribution in [3.63, 3.8) is 0 Å². The molecule has 0 spiro atoms. The van der Waals surface area contributed by atoms with E-state index in [9.17, 15) is 0 Å². The van der Waals surface area contributed by atoms with E-state index in [0.29, 0.717) is 5.95 Å². The van der Waals surface area contributed by atoms with Crippen LogP contribution in [0.2, 0.25) is 0 Å². The average Bonchev–Trinajstić information content (AvgIpc) is 2.64. The first-order valence-electron chi connectivity index (χ1n) is 5.71. The lowest BCUT2D eigenvalue weighted by Crippen LogP contribution is -1.96. The smallest absolute Gasteiger partial charge is 0.201 e. The number of benzene rings is 1. The molecule has 1 aromatic carbocycles. The molecular weight excluding hydrogens is 294 g/mol. The highest BCUT2D eigenvalue weighted by atomic mass is 79.9. The summed E-state index contributed by atoms with van der Waals surface area (Å²) in [4.78, 5) is 4.33. The summed E-state index contributed by atoms with van der Waals surface area (Å²) in [6.07, 6.45) is 1.76. The second-order valence-corrected chi connectivity index (χ2v) is 4.87. The molecule has 18 heavy (non-hydrogen) atoms. The predicted octanol–water partition coefficient (Wildman–Crippen LogP) is 2.56. The SMILES string of the molecule is COc1cccc(CCc2nc(N)n(C)c2Br)c1. The summed E-state index contributed by atoms with van der Waals surface area (Å²) >= 11 is 3.50. The molecule has 2 rings (SSSR count). The van der Waals surface area contributed by atoms with Gasteiger partial charge in [-0.1, -0.05) is 12.1 Å². The molecule has 0 atom stereocenters. The number of aryl methyl sites for hydroxylation is 2. The molecule has 0 amide bonds. The van der Waals surface area contributed by atoms with Crippen molar-refractivity contribution < 1.29 is 4.74 Å². The minimum atomic E-state index is 0.530. The van der Waals surface area contributed by atoms with Gasteiger partial charge in [0.25, 0.3) is 0 Å². The number of halogens is 1. The largest absolute Gasteiger partial charge is 0.497 e. The summed E-state index contributed by atoms with van der Waals surface area (Å²) in [7, 11) is 3.57. The Morgan fingerprint density at radius 1 is 1.39 bits per heavy atom. The number of nitrogens with two attached hydrogens (primary N) is 1. The number of aromatic nitrogens is 2. The third-order valence-corrected chi connectivity index (χ3v) is 3.90. The Morgan fingerprint density at radius 2 is 2.17 bits per heavy atom. The van der Waals surface area contributed by atoms with Crippen molar-refractivity contribution in [3.05, 3.63) is 40.1 Å². The molecule has 2 N–H and O–H groups in total. The summed E-state index contributed by atoms with van der Waals surface area (Å²) in [5.74, 6) is 1.41. The maximum absolute atomic E-state index is 5.76. The van der Waals surface area contributed by atoms with Crippen LogP contribution >= 0.6 is 15.9 Å². The van der Waals surface area contributed by atoms with E-state index in [1.165, 1.54) is 5.56 Å². The molecule has 0 unspecified atom stereocenters. The molecule has 0 radical (unpaired) electrons. The van der Waals surface area contributed by atoms with Gasteiger partial charge in [0.05, 0.1) is 12.8 Å². The molecule has 0 aliphatic rings. The van der Waals surface area contributed by atoms with Gasteiger partial charge in [0.1, 0.15) is 10.4 Å². The van der Waals surface area contributed by atoms with Gasteiger partial charge in [-0.15, -0.1) is 0 Å². The van der Waals surface area contributed by atoms with Crippen molar-refractivity contribution in [3.8, 4) is 5.75 Å². The fourth-order valence-corrected chi connectivity index (χ4v) is 2.27. The molecule has 0 fully saturated rings. The van der Waals surface area contributed by atoms with Gasteiger partial charge in [-0.25, -0.2) is 4.98 Å². The van der Waals surface area contributed by atoms with Crippen LogP contribution in [0.3, 0.4) is 0 Å². The number of hydrogen-bond donors (Lipinski definition) is 1. The van der Waals surface area contributed by atoms with Crippen LogP contribution in [-0.2, 0) is 19.9 Å². The van der Waals surface area contributed by atoms with Crippen LogP contribution in [0, 0.1) is 0 Å². The highest BCUT2D eigenvalue weighted by molar-refractivity contribution is 9.10. The zero-order valence-corrected chi connectivity index (χ0v) is 12.1. The van der Waals surface area contributed by atoms with E-state index in [0.717, 1.165) is 28.9 Å². The van der Waals surface area contributed by atoms with Gasteiger partial charge in [-0.05, 0) is 46.5 Å². The van der Waals surface area contributed by atoms with E-state index in [1.807, 2.05) is 29.8 Å². The lowest BCUT2D eigenvalue weighted by molar-refractivity contribution is 0.414. The van der Waals surface area contributed by atoms with Crippen LogP contribution in [0.4, 0.5) is 5.95 Å². The van der Waals surface area contributed by atoms with E-state index >= 15 is 0 Å². The van der Waals surface area contributed by atoms with Gasteiger partial charge in [-0.2, -0.15) is 0 Å². The van der Waals surface area contributed by atoms with Crippen LogP contribution in [0.15, 0.2) is 28.9 Å². The first kappa shape index (κ1) is 13.0. The van der Waals surface area contributed by atoms with E-state index < -0.39 is 0 Å². The molecule has 0 saturated heterocycles. The standard InChI is InChI=1S/C13H16BrN3O/c1-17-12(14)11(16-13(17)15)7-6-9-4-3-5-10(8-9)18-2/h3-5,8H,6-7H2,1-2H3,(H2,15,16). The first-order chi connectivity index (χ1) is 8.61. The molecule has 96 valence electrons. The molecule has 0 saturated carbocycles. The van der Waals surface area contributed by atoms with E-state index in [1.54, 1.807) is 7.11 Å². The van der Waals surface area contributed by atoms with Gasteiger partial charge in [0.15, 0.2) is 0 Å². The highest BCUT2D eigenvalue weighted by Crippen LogP contribution is 2.21. The number of ether oxygens (including phenoxy) is 1. The number of rotatable bonds is 4. The van der Waals surface area contributed by atoms with Crippen molar-refractivity contribution in [2.45, 2.75) is 12.8 Å². The highest BCUT2D eigenvalue weighted by Gasteiger charge is 2.10. The number of imidazole rings is 1. The van der Waals surface area contributed by atoms with Gasteiger partial charge >= 0.3 is 0 Å². The molecule has 5 heteroatoms. The van der Waals surface area contributed by atoms with Crippen molar-refractivity contribution >= 4 is 21.9 Å².